The normalized spacial score (nSPS) is 13.9. The molecule has 0 heterocycles. The van der Waals surface area contributed by atoms with Crippen molar-refractivity contribution in [3.05, 3.63) is 157 Å². The fourth-order valence-corrected chi connectivity index (χ4v) is 9.36. The molecule has 0 fully saturated rings. The summed E-state index contributed by atoms with van der Waals surface area (Å²) >= 11 is 10.6. The van der Waals surface area contributed by atoms with E-state index in [0.29, 0.717) is 0 Å². The summed E-state index contributed by atoms with van der Waals surface area (Å²) in [4.78, 5) is 0. The van der Waals surface area contributed by atoms with Gasteiger partial charge in [-0.25, -0.2) is 0 Å². The van der Waals surface area contributed by atoms with Gasteiger partial charge in [0.05, 0.1) is 0 Å². The molecule has 0 radical (unpaired) electrons. The van der Waals surface area contributed by atoms with Gasteiger partial charge in [-0.2, -0.15) is 25.3 Å². The zero-order chi connectivity index (χ0) is 31.0. The first kappa shape index (κ1) is 26.1. The smallest absolute Gasteiger partial charge is 0.107 e. The molecule has 0 unspecified atom stereocenters. The molecule has 0 saturated heterocycles. The lowest BCUT2D eigenvalue weighted by molar-refractivity contribution is 1.15. The summed E-state index contributed by atoms with van der Waals surface area (Å²) in [5, 5.41) is 15.6. The van der Waals surface area contributed by atoms with Crippen LogP contribution in [0.4, 0.5) is 0 Å². The SMILES string of the molecule is SC1(S)c2cc(-c3cc4cccc5ccc6cccc3c6c54)ccc2-c2ccc(-c3cc4cccc5ccc6cccc3c6c54)cc21. The van der Waals surface area contributed by atoms with E-state index >= 15 is 0 Å². The second-order valence-electron chi connectivity index (χ2n) is 13.1. The zero-order valence-corrected chi connectivity index (χ0v) is 27.0. The number of benzene rings is 10. The molecule has 218 valence electrons. The lowest BCUT2D eigenvalue weighted by atomic mass is 9.88. The number of hydrogen-bond donors (Lipinski definition) is 2. The average molecular weight is 631 g/mol. The van der Waals surface area contributed by atoms with Gasteiger partial charge >= 0.3 is 0 Å². The summed E-state index contributed by atoms with van der Waals surface area (Å²) < 4.78 is -0.741. The molecule has 0 nitrogen and oxygen atoms in total. The van der Waals surface area contributed by atoms with Crippen LogP contribution in [-0.4, -0.2) is 0 Å². The van der Waals surface area contributed by atoms with Gasteiger partial charge in [-0.05, 0) is 133 Å². The number of rotatable bonds is 2. The van der Waals surface area contributed by atoms with Gasteiger partial charge in [0, 0.05) is 0 Å². The molecule has 47 heavy (non-hydrogen) atoms. The van der Waals surface area contributed by atoms with Crippen molar-refractivity contribution in [1.82, 2.24) is 0 Å². The summed E-state index contributed by atoms with van der Waals surface area (Å²) in [6, 6.07) is 54.0. The van der Waals surface area contributed by atoms with E-state index in [1.54, 1.807) is 0 Å². The van der Waals surface area contributed by atoms with Gasteiger partial charge in [-0.15, -0.1) is 0 Å². The van der Waals surface area contributed by atoms with Crippen molar-refractivity contribution in [3.8, 4) is 33.4 Å². The Hall–Kier alpha value is -5.02. The highest BCUT2D eigenvalue weighted by molar-refractivity contribution is 8.00. The number of hydrogen-bond acceptors (Lipinski definition) is 2. The first-order valence-electron chi connectivity index (χ1n) is 16.1. The maximum Gasteiger partial charge on any atom is 0.107 e. The maximum atomic E-state index is 5.32. The van der Waals surface area contributed by atoms with Gasteiger partial charge in [0.25, 0.3) is 0 Å². The predicted octanol–water partition coefficient (Wildman–Crippen LogP) is 12.9. The van der Waals surface area contributed by atoms with Crippen LogP contribution in [0.3, 0.4) is 0 Å². The fraction of sp³-hybridized carbons (Fsp3) is 0.0222. The summed E-state index contributed by atoms with van der Waals surface area (Å²) in [6.07, 6.45) is 0. The molecule has 0 spiro atoms. The third-order valence-corrected chi connectivity index (χ3v) is 11.7. The summed E-state index contributed by atoms with van der Waals surface area (Å²) in [5.74, 6) is 0. The van der Waals surface area contributed by atoms with Crippen LogP contribution in [0.1, 0.15) is 11.1 Å². The molecule has 0 bridgehead atoms. The molecule has 2 heteroatoms. The van der Waals surface area contributed by atoms with E-state index in [1.165, 1.54) is 98.0 Å². The number of fused-ring (bicyclic) bond motifs is 3. The van der Waals surface area contributed by atoms with E-state index in [9.17, 15) is 0 Å². The van der Waals surface area contributed by atoms with Crippen LogP contribution in [0, 0.1) is 0 Å². The van der Waals surface area contributed by atoms with Crippen LogP contribution in [0.15, 0.2) is 146 Å². The minimum Gasteiger partial charge on any atom is -0.152 e. The van der Waals surface area contributed by atoms with Gasteiger partial charge < -0.3 is 0 Å². The number of thiol groups is 2. The third kappa shape index (κ3) is 3.42. The van der Waals surface area contributed by atoms with E-state index in [1.807, 2.05) is 0 Å². The minimum absolute atomic E-state index is 0.741. The monoisotopic (exact) mass is 630 g/mol. The lowest BCUT2D eigenvalue weighted by Gasteiger charge is -2.21. The predicted molar refractivity (Wildman–Crippen MR) is 209 cm³/mol. The second-order valence-corrected chi connectivity index (χ2v) is 14.8. The summed E-state index contributed by atoms with van der Waals surface area (Å²) in [5.41, 5.74) is 9.53. The Kier molecular flexibility index (Phi) is 5.04. The molecule has 1 aliphatic rings. The topological polar surface area (TPSA) is 0 Å². The quantitative estimate of drug-likeness (QED) is 0.106. The largest absolute Gasteiger partial charge is 0.152 e. The highest BCUT2D eigenvalue weighted by Crippen LogP contribution is 2.56. The van der Waals surface area contributed by atoms with Crippen molar-refractivity contribution in [2.75, 3.05) is 0 Å². The standard InChI is InChI=1S/C45H26S2/c46-45(47)39-23-29(37-21-31-9-1-5-25-13-15-27-7-3-11-35(37)43(27)41(25)31)17-19-33(39)34-20-18-30(24-40(34)45)38-22-32-10-2-6-26-14-16-28-8-4-12-36(38)44(28)42(26)32/h1-24,46-47H. The molecular weight excluding hydrogens is 605 g/mol. The van der Waals surface area contributed by atoms with Gasteiger partial charge in [0.2, 0.25) is 0 Å². The van der Waals surface area contributed by atoms with Crippen molar-refractivity contribution >= 4 is 89.9 Å². The molecule has 0 atom stereocenters. The van der Waals surface area contributed by atoms with Crippen molar-refractivity contribution < 1.29 is 0 Å². The first-order valence-corrected chi connectivity index (χ1v) is 17.0. The molecule has 10 aromatic rings. The Balaban J connectivity index is 1.10. The van der Waals surface area contributed by atoms with E-state index in [2.05, 4.69) is 146 Å². The van der Waals surface area contributed by atoms with E-state index in [4.69, 9.17) is 25.3 Å². The summed E-state index contributed by atoms with van der Waals surface area (Å²) in [7, 11) is 0. The van der Waals surface area contributed by atoms with Gasteiger partial charge in [0.1, 0.15) is 4.08 Å². The van der Waals surface area contributed by atoms with Crippen molar-refractivity contribution in [1.29, 1.82) is 0 Å². The van der Waals surface area contributed by atoms with Gasteiger partial charge in [-0.1, -0.05) is 121 Å². The van der Waals surface area contributed by atoms with Crippen molar-refractivity contribution in [3.63, 3.8) is 0 Å². The molecule has 0 N–H and O–H groups in total. The molecule has 0 aliphatic heterocycles. The molecule has 0 saturated carbocycles. The van der Waals surface area contributed by atoms with Crippen LogP contribution in [-0.2, 0) is 4.08 Å². The fourth-order valence-electron chi connectivity index (χ4n) is 8.62. The van der Waals surface area contributed by atoms with Crippen molar-refractivity contribution in [2.24, 2.45) is 0 Å². The second kappa shape index (κ2) is 9.07. The van der Waals surface area contributed by atoms with Crippen molar-refractivity contribution in [2.45, 2.75) is 4.08 Å². The Morgan fingerprint density at radius 3 is 1.15 bits per heavy atom. The zero-order valence-electron chi connectivity index (χ0n) is 25.3. The Bertz CT molecular complexity index is 2730. The molecule has 0 aromatic heterocycles. The molecule has 10 aromatic carbocycles. The van der Waals surface area contributed by atoms with Gasteiger partial charge in [-0.3, -0.25) is 0 Å². The third-order valence-electron chi connectivity index (χ3n) is 10.7. The maximum absolute atomic E-state index is 5.32. The van der Waals surface area contributed by atoms with Crippen LogP contribution >= 0.6 is 25.3 Å². The van der Waals surface area contributed by atoms with Crippen LogP contribution < -0.4 is 0 Å². The van der Waals surface area contributed by atoms with Crippen LogP contribution in [0.5, 0.6) is 0 Å². The molecule has 11 rings (SSSR count). The first-order chi connectivity index (χ1) is 23.0. The van der Waals surface area contributed by atoms with Gasteiger partial charge in [0.15, 0.2) is 0 Å². The Morgan fingerprint density at radius 1 is 0.319 bits per heavy atom. The summed E-state index contributed by atoms with van der Waals surface area (Å²) in [6.45, 7) is 0. The molecule has 0 amide bonds. The lowest BCUT2D eigenvalue weighted by Crippen LogP contribution is -2.08. The Labute approximate surface area is 282 Å². The van der Waals surface area contributed by atoms with E-state index in [0.717, 1.165) is 11.1 Å². The van der Waals surface area contributed by atoms with Crippen LogP contribution in [0.2, 0.25) is 0 Å². The van der Waals surface area contributed by atoms with E-state index in [-0.39, 0.29) is 0 Å². The highest BCUT2D eigenvalue weighted by atomic mass is 32.2. The van der Waals surface area contributed by atoms with Crippen LogP contribution in [0.25, 0.3) is 98.0 Å². The minimum atomic E-state index is -0.741. The molecular formula is C45H26S2. The highest BCUT2D eigenvalue weighted by Gasteiger charge is 2.38. The van der Waals surface area contributed by atoms with E-state index < -0.39 is 4.08 Å². The Morgan fingerprint density at radius 2 is 0.702 bits per heavy atom. The molecule has 1 aliphatic carbocycles. The average Bonchev–Trinajstić information content (AvgIpc) is 3.34.